The first-order valence-corrected chi connectivity index (χ1v) is 7.59. The molecular formula is C17H17F2N3O2. The first-order chi connectivity index (χ1) is 11.5. The van der Waals surface area contributed by atoms with Crippen LogP contribution in [-0.2, 0) is 4.74 Å². The Labute approximate surface area is 138 Å². The third-order valence-electron chi connectivity index (χ3n) is 3.79. The second-order valence-electron chi connectivity index (χ2n) is 5.57. The van der Waals surface area contributed by atoms with E-state index in [1.54, 1.807) is 17.0 Å². The maximum absolute atomic E-state index is 13.4. The van der Waals surface area contributed by atoms with E-state index in [2.05, 4.69) is 10.3 Å². The normalized spacial score (nSPS) is 17.6. The van der Waals surface area contributed by atoms with Crippen molar-refractivity contribution in [2.75, 3.05) is 25.0 Å². The highest BCUT2D eigenvalue weighted by molar-refractivity contribution is 5.88. The molecule has 1 aliphatic heterocycles. The molecule has 7 heteroatoms. The Morgan fingerprint density at radius 3 is 2.88 bits per heavy atom. The van der Waals surface area contributed by atoms with Gasteiger partial charge in [0.05, 0.1) is 13.2 Å². The fourth-order valence-electron chi connectivity index (χ4n) is 2.55. The van der Waals surface area contributed by atoms with E-state index in [9.17, 15) is 13.6 Å². The molecule has 3 rings (SSSR count). The topological polar surface area (TPSA) is 54.5 Å². The predicted molar refractivity (Wildman–Crippen MR) is 84.6 cm³/mol. The lowest BCUT2D eigenvalue weighted by molar-refractivity contribution is -0.0137. The maximum Gasteiger partial charge on any atom is 0.323 e. The van der Waals surface area contributed by atoms with Gasteiger partial charge in [-0.3, -0.25) is 5.32 Å². The van der Waals surface area contributed by atoms with Gasteiger partial charge in [0.1, 0.15) is 11.9 Å². The summed E-state index contributed by atoms with van der Waals surface area (Å²) in [6.07, 6.45) is -0.495. The van der Waals surface area contributed by atoms with Crippen LogP contribution in [0.25, 0.3) is 0 Å². The van der Waals surface area contributed by atoms with Crippen molar-refractivity contribution < 1.29 is 18.3 Å². The summed E-state index contributed by atoms with van der Waals surface area (Å²) in [7, 11) is 0. The molecule has 0 saturated carbocycles. The van der Waals surface area contributed by atoms with E-state index in [-0.39, 0.29) is 12.6 Å². The minimum atomic E-state index is -0.929. The van der Waals surface area contributed by atoms with Crippen molar-refractivity contribution in [2.24, 2.45) is 0 Å². The number of anilines is 1. The molecule has 1 aromatic heterocycles. The van der Waals surface area contributed by atoms with Crippen LogP contribution in [0.1, 0.15) is 17.4 Å². The number of carbonyl (C=O) groups excluding carboxylic acids is 1. The van der Waals surface area contributed by atoms with Gasteiger partial charge in [-0.05, 0) is 36.8 Å². The van der Waals surface area contributed by atoms with Crippen LogP contribution >= 0.6 is 0 Å². The predicted octanol–water partition coefficient (Wildman–Crippen LogP) is 3.27. The lowest BCUT2D eigenvalue weighted by Gasteiger charge is -2.33. The Morgan fingerprint density at radius 2 is 2.12 bits per heavy atom. The summed E-state index contributed by atoms with van der Waals surface area (Å²) in [5.41, 5.74) is 1.30. The largest absolute Gasteiger partial charge is 0.370 e. The zero-order valence-electron chi connectivity index (χ0n) is 13.1. The maximum atomic E-state index is 13.4. The molecule has 1 aromatic carbocycles. The number of hydrogen-bond donors (Lipinski definition) is 1. The Kier molecular flexibility index (Phi) is 4.71. The summed E-state index contributed by atoms with van der Waals surface area (Å²) in [6, 6.07) is 8.67. The minimum Gasteiger partial charge on any atom is -0.370 e. The monoisotopic (exact) mass is 333 g/mol. The van der Waals surface area contributed by atoms with Crippen molar-refractivity contribution in [2.45, 2.75) is 13.0 Å². The van der Waals surface area contributed by atoms with E-state index >= 15 is 0 Å². The molecule has 0 bridgehead atoms. The SMILES string of the molecule is Cc1cccc(NC(=O)N2CCO[C@@H](c3ccc(F)c(F)c3)C2)n1. The average Bonchev–Trinajstić information content (AvgIpc) is 2.57. The van der Waals surface area contributed by atoms with Gasteiger partial charge in [-0.1, -0.05) is 12.1 Å². The van der Waals surface area contributed by atoms with Crippen LogP contribution < -0.4 is 5.32 Å². The number of nitrogens with one attached hydrogen (secondary N) is 1. The quantitative estimate of drug-likeness (QED) is 0.918. The smallest absolute Gasteiger partial charge is 0.323 e. The summed E-state index contributed by atoms with van der Waals surface area (Å²) in [5.74, 6) is -1.37. The average molecular weight is 333 g/mol. The van der Waals surface area contributed by atoms with Crippen LogP contribution in [0.3, 0.4) is 0 Å². The molecule has 2 amide bonds. The van der Waals surface area contributed by atoms with Crippen LogP contribution in [0.2, 0.25) is 0 Å². The lowest BCUT2D eigenvalue weighted by Crippen LogP contribution is -2.44. The first kappa shape index (κ1) is 16.3. The van der Waals surface area contributed by atoms with Gasteiger partial charge in [0.25, 0.3) is 0 Å². The van der Waals surface area contributed by atoms with Gasteiger partial charge in [-0.15, -0.1) is 0 Å². The van der Waals surface area contributed by atoms with E-state index in [0.717, 1.165) is 17.8 Å². The molecule has 2 heterocycles. The number of aryl methyl sites for hydroxylation is 1. The van der Waals surface area contributed by atoms with Crippen LogP contribution in [0.5, 0.6) is 0 Å². The summed E-state index contributed by atoms with van der Waals surface area (Å²) < 4.78 is 32.0. The van der Waals surface area contributed by atoms with Gasteiger partial charge in [-0.2, -0.15) is 0 Å². The Balaban J connectivity index is 1.68. The summed E-state index contributed by atoms with van der Waals surface area (Å²) in [4.78, 5) is 18.2. The number of urea groups is 1. The number of ether oxygens (including phenoxy) is 1. The molecule has 126 valence electrons. The van der Waals surface area contributed by atoms with Crippen LogP contribution in [-0.4, -0.2) is 35.6 Å². The fourth-order valence-corrected chi connectivity index (χ4v) is 2.55. The van der Waals surface area contributed by atoms with E-state index in [1.807, 2.05) is 13.0 Å². The summed E-state index contributed by atoms with van der Waals surface area (Å²) >= 11 is 0. The second-order valence-corrected chi connectivity index (χ2v) is 5.57. The van der Waals surface area contributed by atoms with E-state index < -0.39 is 17.7 Å². The van der Waals surface area contributed by atoms with Gasteiger partial charge in [0.2, 0.25) is 0 Å². The summed E-state index contributed by atoms with van der Waals surface area (Å²) in [6.45, 7) is 2.82. The highest BCUT2D eigenvalue weighted by Gasteiger charge is 2.26. The fraction of sp³-hybridized carbons (Fsp3) is 0.294. The number of amides is 2. The van der Waals surface area contributed by atoms with Crippen LogP contribution in [0.15, 0.2) is 36.4 Å². The van der Waals surface area contributed by atoms with E-state index in [1.165, 1.54) is 6.07 Å². The molecule has 5 nitrogen and oxygen atoms in total. The number of carbonyl (C=O) groups is 1. The van der Waals surface area contributed by atoms with Gasteiger partial charge in [-0.25, -0.2) is 18.6 Å². The van der Waals surface area contributed by atoms with Crippen molar-refractivity contribution in [3.8, 4) is 0 Å². The van der Waals surface area contributed by atoms with Crippen LogP contribution in [0.4, 0.5) is 19.4 Å². The van der Waals surface area contributed by atoms with E-state index in [0.29, 0.717) is 24.5 Å². The van der Waals surface area contributed by atoms with E-state index in [4.69, 9.17) is 4.74 Å². The van der Waals surface area contributed by atoms with Crippen molar-refractivity contribution in [1.29, 1.82) is 0 Å². The van der Waals surface area contributed by atoms with Gasteiger partial charge in [0.15, 0.2) is 11.6 Å². The number of pyridine rings is 1. The number of hydrogen-bond acceptors (Lipinski definition) is 3. The van der Waals surface area contributed by atoms with Crippen molar-refractivity contribution in [1.82, 2.24) is 9.88 Å². The number of nitrogens with zero attached hydrogens (tertiary/aromatic N) is 2. The number of halogens is 2. The lowest BCUT2D eigenvalue weighted by atomic mass is 10.1. The Morgan fingerprint density at radius 1 is 1.29 bits per heavy atom. The number of rotatable bonds is 2. The molecular weight excluding hydrogens is 316 g/mol. The Bertz CT molecular complexity index is 754. The molecule has 0 unspecified atom stereocenters. The van der Waals surface area contributed by atoms with Crippen molar-refractivity contribution in [3.63, 3.8) is 0 Å². The third-order valence-corrected chi connectivity index (χ3v) is 3.79. The van der Waals surface area contributed by atoms with Crippen molar-refractivity contribution >= 4 is 11.8 Å². The molecule has 1 atom stereocenters. The molecule has 0 spiro atoms. The number of benzene rings is 1. The number of aromatic nitrogens is 1. The molecule has 0 radical (unpaired) electrons. The Hall–Kier alpha value is -2.54. The van der Waals surface area contributed by atoms with Gasteiger partial charge in [0, 0.05) is 12.2 Å². The standard InChI is InChI=1S/C17H17F2N3O2/c1-11-3-2-4-16(20-11)21-17(23)22-7-8-24-15(10-22)12-5-6-13(18)14(19)9-12/h2-6,9,15H,7-8,10H2,1H3,(H,20,21,23)/t15-/m1/s1. The highest BCUT2D eigenvalue weighted by atomic mass is 19.2. The second kappa shape index (κ2) is 6.92. The molecule has 1 fully saturated rings. The molecule has 0 aliphatic carbocycles. The molecule has 24 heavy (non-hydrogen) atoms. The zero-order valence-corrected chi connectivity index (χ0v) is 13.1. The summed E-state index contributed by atoms with van der Waals surface area (Å²) in [5, 5.41) is 2.73. The number of morpholine rings is 1. The first-order valence-electron chi connectivity index (χ1n) is 7.59. The molecule has 1 saturated heterocycles. The molecule has 1 N–H and O–H groups in total. The third kappa shape index (κ3) is 3.68. The van der Waals surface area contributed by atoms with Crippen molar-refractivity contribution in [3.05, 3.63) is 59.3 Å². The zero-order chi connectivity index (χ0) is 17.1. The van der Waals surface area contributed by atoms with Crippen LogP contribution in [0, 0.1) is 18.6 Å². The minimum absolute atomic E-state index is 0.253. The highest BCUT2D eigenvalue weighted by Crippen LogP contribution is 2.24. The molecule has 1 aliphatic rings. The van der Waals surface area contributed by atoms with Gasteiger partial charge >= 0.3 is 6.03 Å². The molecule has 2 aromatic rings. The van der Waals surface area contributed by atoms with Gasteiger partial charge < -0.3 is 9.64 Å².